The highest BCUT2D eigenvalue weighted by Crippen LogP contribution is 2.10. The van der Waals surface area contributed by atoms with Gasteiger partial charge >= 0.3 is 0 Å². The van der Waals surface area contributed by atoms with Gasteiger partial charge in [-0.2, -0.15) is 0 Å². The third-order valence-electron chi connectivity index (χ3n) is 2.23. The number of nitrogens with one attached hydrogen (secondary N) is 1. The highest BCUT2D eigenvalue weighted by molar-refractivity contribution is 5.39. The Labute approximate surface area is 91.1 Å². The fraction of sp³-hybridized carbons (Fsp3) is 0.636. The highest BCUT2D eigenvalue weighted by atomic mass is 16.5. The first-order chi connectivity index (χ1) is 7.27. The van der Waals surface area contributed by atoms with Gasteiger partial charge in [0, 0.05) is 19.5 Å². The van der Waals surface area contributed by atoms with Crippen molar-refractivity contribution >= 4 is 5.82 Å². The lowest BCUT2D eigenvalue weighted by Crippen LogP contribution is -2.25. The van der Waals surface area contributed by atoms with E-state index in [0.29, 0.717) is 12.6 Å². The van der Waals surface area contributed by atoms with Gasteiger partial charge in [0.05, 0.1) is 18.3 Å². The van der Waals surface area contributed by atoms with Gasteiger partial charge in [0.2, 0.25) is 0 Å². The lowest BCUT2D eigenvalue weighted by Gasteiger charge is -2.18. The van der Waals surface area contributed by atoms with Crippen molar-refractivity contribution in [2.75, 3.05) is 19.0 Å². The van der Waals surface area contributed by atoms with Crippen LogP contribution in [0.5, 0.6) is 0 Å². The third-order valence-corrected chi connectivity index (χ3v) is 2.23. The van der Waals surface area contributed by atoms with Gasteiger partial charge in [-0.3, -0.25) is 4.98 Å². The van der Waals surface area contributed by atoms with Crippen LogP contribution in [-0.2, 0) is 4.74 Å². The van der Waals surface area contributed by atoms with Gasteiger partial charge in [0.15, 0.2) is 0 Å². The molecule has 15 heavy (non-hydrogen) atoms. The number of methoxy groups -OCH3 is 1. The summed E-state index contributed by atoms with van der Waals surface area (Å²) in [6.07, 6.45) is 5.60. The van der Waals surface area contributed by atoms with Crippen molar-refractivity contribution in [1.29, 1.82) is 0 Å². The Morgan fingerprint density at radius 1 is 1.40 bits per heavy atom. The second kappa shape index (κ2) is 6.35. The summed E-state index contributed by atoms with van der Waals surface area (Å²) < 4.78 is 5.16. The summed E-state index contributed by atoms with van der Waals surface area (Å²) in [4.78, 5) is 8.44. The van der Waals surface area contributed by atoms with Gasteiger partial charge in [-0.05, 0) is 13.3 Å². The van der Waals surface area contributed by atoms with E-state index in [9.17, 15) is 0 Å². The summed E-state index contributed by atoms with van der Waals surface area (Å²) in [7, 11) is 1.72. The van der Waals surface area contributed by atoms with Crippen molar-refractivity contribution in [1.82, 2.24) is 9.97 Å². The van der Waals surface area contributed by atoms with Crippen LogP contribution in [0.1, 0.15) is 25.5 Å². The topological polar surface area (TPSA) is 47.0 Å². The van der Waals surface area contributed by atoms with E-state index in [1.165, 1.54) is 0 Å². The Hall–Kier alpha value is -1.16. The minimum absolute atomic E-state index is 0.315. The van der Waals surface area contributed by atoms with E-state index >= 15 is 0 Å². The van der Waals surface area contributed by atoms with Gasteiger partial charge < -0.3 is 10.1 Å². The van der Waals surface area contributed by atoms with Crippen molar-refractivity contribution in [2.24, 2.45) is 0 Å². The molecule has 1 atom stereocenters. The van der Waals surface area contributed by atoms with Crippen LogP contribution in [0.2, 0.25) is 0 Å². The van der Waals surface area contributed by atoms with E-state index in [4.69, 9.17) is 4.74 Å². The number of anilines is 1. The molecule has 0 aliphatic carbocycles. The molecule has 0 fully saturated rings. The molecule has 1 unspecified atom stereocenters. The summed E-state index contributed by atoms with van der Waals surface area (Å²) in [6.45, 7) is 4.81. The van der Waals surface area contributed by atoms with E-state index in [0.717, 1.165) is 24.4 Å². The normalized spacial score (nSPS) is 12.5. The van der Waals surface area contributed by atoms with Crippen molar-refractivity contribution in [3.05, 3.63) is 18.1 Å². The van der Waals surface area contributed by atoms with E-state index in [1.807, 2.05) is 6.92 Å². The maximum absolute atomic E-state index is 5.16. The van der Waals surface area contributed by atoms with Crippen molar-refractivity contribution < 1.29 is 4.74 Å². The highest BCUT2D eigenvalue weighted by Gasteiger charge is 2.09. The van der Waals surface area contributed by atoms with Gasteiger partial charge in [-0.1, -0.05) is 13.3 Å². The molecule has 0 aromatic carbocycles. The molecule has 0 amide bonds. The quantitative estimate of drug-likeness (QED) is 0.778. The average Bonchev–Trinajstić information content (AvgIpc) is 2.22. The fourth-order valence-corrected chi connectivity index (χ4v) is 1.49. The first-order valence-electron chi connectivity index (χ1n) is 5.31. The molecule has 1 aromatic heterocycles. The van der Waals surface area contributed by atoms with Gasteiger partial charge in [-0.15, -0.1) is 0 Å². The number of nitrogens with zero attached hydrogens (tertiary/aromatic N) is 2. The number of hydrogen-bond acceptors (Lipinski definition) is 4. The summed E-state index contributed by atoms with van der Waals surface area (Å²) in [5, 5.41) is 3.35. The van der Waals surface area contributed by atoms with Crippen molar-refractivity contribution in [2.45, 2.75) is 32.7 Å². The largest absolute Gasteiger partial charge is 0.383 e. The SMILES string of the molecule is CCCC(COC)Nc1nccnc1C. The predicted molar refractivity (Wildman–Crippen MR) is 61.0 cm³/mol. The van der Waals surface area contributed by atoms with Crippen LogP contribution in [0, 0.1) is 6.92 Å². The monoisotopic (exact) mass is 209 g/mol. The summed E-state index contributed by atoms with van der Waals surface area (Å²) in [6, 6.07) is 0.315. The average molecular weight is 209 g/mol. The number of rotatable bonds is 6. The summed E-state index contributed by atoms with van der Waals surface area (Å²) in [5.74, 6) is 0.855. The van der Waals surface area contributed by atoms with E-state index < -0.39 is 0 Å². The molecule has 0 bridgehead atoms. The zero-order chi connectivity index (χ0) is 11.1. The molecule has 1 N–H and O–H groups in total. The molecular weight excluding hydrogens is 190 g/mol. The molecule has 1 heterocycles. The Kier molecular flexibility index (Phi) is 5.04. The van der Waals surface area contributed by atoms with Crippen LogP contribution >= 0.6 is 0 Å². The molecule has 0 aliphatic rings. The van der Waals surface area contributed by atoms with Gasteiger partial charge in [-0.25, -0.2) is 4.98 Å². The van der Waals surface area contributed by atoms with Crippen LogP contribution in [-0.4, -0.2) is 29.7 Å². The minimum Gasteiger partial charge on any atom is -0.383 e. The first-order valence-corrected chi connectivity index (χ1v) is 5.31. The predicted octanol–water partition coefficient (Wildman–Crippen LogP) is 2.01. The first kappa shape index (κ1) is 11.9. The number of hydrogen-bond donors (Lipinski definition) is 1. The smallest absolute Gasteiger partial charge is 0.147 e. The molecule has 4 nitrogen and oxygen atoms in total. The molecule has 1 rings (SSSR count). The van der Waals surface area contributed by atoms with Crippen molar-refractivity contribution in [3.8, 4) is 0 Å². The second-order valence-electron chi connectivity index (χ2n) is 3.58. The molecule has 0 saturated carbocycles. The maximum Gasteiger partial charge on any atom is 0.147 e. The zero-order valence-electron chi connectivity index (χ0n) is 9.66. The second-order valence-corrected chi connectivity index (χ2v) is 3.58. The molecule has 0 radical (unpaired) electrons. The fourth-order valence-electron chi connectivity index (χ4n) is 1.49. The van der Waals surface area contributed by atoms with Crippen LogP contribution < -0.4 is 5.32 Å². The number of aromatic nitrogens is 2. The molecule has 0 saturated heterocycles. The van der Waals surface area contributed by atoms with E-state index in [1.54, 1.807) is 19.5 Å². The molecule has 0 aliphatic heterocycles. The summed E-state index contributed by atoms with van der Waals surface area (Å²) in [5.41, 5.74) is 0.926. The molecule has 84 valence electrons. The maximum atomic E-state index is 5.16. The van der Waals surface area contributed by atoms with Crippen molar-refractivity contribution in [3.63, 3.8) is 0 Å². The third kappa shape index (κ3) is 3.83. The molecule has 1 aromatic rings. The standard InChI is InChI=1S/C11H19N3O/c1-4-5-10(8-15-3)14-11-9(2)12-6-7-13-11/h6-7,10H,4-5,8H2,1-3H3,(H,13,14). The Morgan fingerprint density at radius 3 is 2.73 bits per heavy atom. The zero-order valence-corrected chi connectivity index (χ0v) is 9.66. The number of aryl methyl sites for hydroxylation is 1. The minimum atomic E-state index is 0.315. The Morgan fingerprint density at radius 2 is 2.13 bits per heavy atom. The Balaban J connectivity index is 2.60. The van der Waals surface area contributed by atoms with Gasteiger partial charge in [0.25, 0.3) is 0 Å². The molecule has 4 heteroatoms. The lowest BCUT2D eigenvalue weighted by molar-refractivity contribution is 0.182. The van der Waals surface area contributed by atoms with E-state index in [2.05, 4.69) is 22.2 Å². The van der Waals surface area contributed by atoms with E-state index in [-0.39, 0.29) is 0 Å². The summed E-state index contributed by atoms with van der Waals surface area (Å²) >= 11 is 0. The molecular formula is C11H19N3O. The lowest BCUT2D eigenvalue weighted by atomic mass is 10.2. The van der Waals surface area contributed by atoms with Gasteiger partial charge in [0.1, 0.15) is 5.82 Å². The molecule has 0 spiro atoms. The van der Waals surface area contributed by atoms with Crippen LogP contribution in [0.25, 0.3) is 0 Å². The van der Waals surface area contributed by atoms with Crippen LogP contribution in [0.15, 0.2) is 12.4 Å². The van der Waals surface area contributed by atoms with Crippen LogP contribution in [0.3, 0.4) is 0 Å². The number of ether oxygens (including phenoxy) is 1. The Bertz CT molecular complexity index is 285. The van der Waals surface area contributed by atoms with Crippen LogP contribution in [0.4, 0.5) is 5.82 Å².